The van der Waals surface area contributed by atoms with E-state index in [1.807, 2.05) is 6.07 Å². The first-order valence-electron chi connectivity index (χ1n) is 7.07. The molecule has 1 saturated carbocycles. The Hall–Kier alpha value is -1.32. The van der Waals surface area contributed by atoms with Gasteiger partial charge < -0.3 is 11.1 Å². The SMILES string of the molecule is CC1(C)CCC(Nc2cc(N)nc(C(C)(C)C)n2)C1. The van der Waals surface area contributed by atoms with Crippen molar-refractivity contribution in [2.45, 2.75) is 65.3 Å². The van der Waals surface area contributed by atoms with Gasteiger partial charge in [0, 0.05) is 17.5 Å². The van der Waals surface area contributed by atoms with Crippen LogP contribution in [0.4, 0.5) is 11.6 Å². The number of nitrogens with one attached hydrogen (secondary N) is 1. The number of nitrogens with two attached hydrogens (primary N) is 1. The van der Waals surface area contributed by atoms with E-state index in [4.69, 9.17) is 5.73 Å². The van der Waals surface area contributed by atoms with Crippen LogP contribution in [0.15, 0.2) is 6.07 Å². The van der Waals surface area contributed by atoms with Gasteiger partial charge in [0.1, 0.15) is 17.5 Å². The zero-order valence-corrected chi connectivity index (χ0v) is 12.7. The van der Waals surface area contributed by atoms with Crippen LogP contribution < -0.4 is 11.1 Å². The minimum absolute atomic E-state index is 0.0826. The first kappa shape index (κ1) is 14.1. The molecule has 1 fully saturated rings. The van der Waals surface area contributed by atoms with Crippen LogP contribution in [0.2, 0.25) is 0 Å². The maximum Gasteiger partial charge on any atom is 0.138 e. The van der Waals surface area contributed by atoms with Gasteiger partial charge in [-0.2, -0.15) is 0 Å². The Bertz CT molecular complexity index is 460. The van der Waals surface area contributed by atoms with Crippen LogP contribution in [0.25, 0.3) is 0 Å². The number of anilines is 2. The molecule has 0 aromatic carbocycles. The van der Waals surface area contributed by atoms with E-state index in [1.54, 1.807) is 0 Å². The zero-order valence-electron chi connectivity index (χ0n) is 12.7. The number of aromatic nitrogens is 2. The van der Waals surface area contributed by atoms with Gasteiger partial charge in [0.2, 0.25) is 0 Å². The first-order chi connectivity index (χ1) is 8.66. The molecule has 0 radical (unpaired) electrons. The highest BCUT2D eigenvalue weighted by Gasteiger charge is 2.31. The second-order valence-corrected chi connectivity index (χ2v) is 7.50. The van der Waals surface area contributed by atoms with E-state index >= 15 is 0 Å². The first-order valence-corrected chi connectivity index (χ1v) is 7.07. The number of hydrogen-bond acceptors (Lipinski definition) is 4. The largest absolute Gasteiger partial charge is 0.384 e. The van der Waals surface area contributed by atoms with Gasteiger partial charge in [-0.25, -0.2) is 9.97 Å². The number of nitrogens with zero attached hydrogens (tertiary/aromatic N) is 2. The average molecular weight is 262 g/mol. The van der Waals surface area contributed by atoms with E-state index in [1.165, 1.54) is 19.3 Å². The lowest BCUT2D eigenvalue weighted by molar-refractivity contribution is 0.378. The lowest BCUT2D eigenvalue weighted by Crippen LogP contribution is -2.22. The van der Waals surface area contributed by atoms with Crippen molar-refractivity contribution in [2.24, 2.45) is 5.41 Å². The van der Waals surface area contributed by atoms with Crippen molar-refractivity contribution in [3.63, 3.8) is 0 Å². The molecule has 19 heavy (non-hydrogen) atoms. The molecule has 106 valence electrons. The summed E-state index contributed by atoms with van der Waals surface area (Å²) in [6.45, 7) is 11.0. The molecule has 0 amide bonds. The molecule has 1 aliphatic carbocycles. The van der Waals surface area contributed by atoms with Gasteiger partial charge in [-0.05, 0) is 24.7 Å². The molecule has 4 heteroatoms. The van der Waals surface area contributed by atoms with Gasteiger partial charge in [0.15, 0.2) is 0 Å². The van der Waals surface area contributed by atoms with Crippen molar-refractivity contribution < 1.29 is 0 Å². The predicted octanol–water partition coefficient (Wildman–Crippen LogP) is 3.35. The lowest BCUT2D eigenvalue weighted by atomic mass is 9.92. The van der Waals surface area contributed by atoms with Gasteiger partial charge in [-0.3, -0.25) is 0 Å². The van der Waals surface area contributed by atoms with Crippen molar-refractivity contribution in [3.8, 4) is 0 Å². The summed E-state index contributed by atoms with van der Waals surface area (Å²) in [5.74, 6) is 2.20. The summed E-state index contributed by atoms with van der Waals surface area (Å²) in [7, 11) is 0. The third-order valence-corrected chi connectivity index (χ3v) is 3.74. The average Bonchev–Trinajstić information content (AvgIpc) is 2.55. The Kier molecular flexibility index (Phi) is 3.45. The summed E-state index contributed by atoms with van der Waals surface area (Å²) in [6, 6.07) is 2.33. The van der Waals surface area contributed by atoms with Crippen LogP contribution >= 0.6 is 0 Å². The standard InChI is InChI=1S/C15H26N4/c1-14(2,3)13-18-11(16)8-12(19-13)17-10-6-7-15(4,5)9-10/h8,10H,6-7,9H2,1-5H3,(H3,16,17,18,19). The Balaban J connectivity index is 2.15. The maximum absolute atomic E-state index is 5.89. The van der Waals surface area contributed by atoms with Crippen molar-refractivity contribution in [2.75, 3.05) is 11.1 Å². The summed E-state index contributed by atoms with van der Waals surface area (Å²) < 4.78 is 0. The van der Waals surface area contributed by atoms with Crippen LogP contribution in [0, 0.1) is 5.41 Å². The maximum atomic E-state index is 5.89. The summed E-state index contributed by atoms with van der Waals surface area (Å²) in [5.41, 5.74) is 6.24. The summed E-state index contributed by atoms with van der Waals surface area (Å²) in [6.07, 6.45) is 3.64. The fourth-order valence-corrected chi connectivity index (χ4v) is 2.64. The second kappa shape index (κ2) is 4.66. The molecule has 0 aliphatic heterocycles. The van der Waals surface area contributed by atoms with Crippen LogP contribution in [0.1, 0.15) is 59.7 Å². The second-order valence-electron chi connectivity index (χ2n) is 7.50. The molecule has 3 N–H and O–H groups in total. The van der Waals surface area contributed by atoms with E-state index in [9.17, 15) is 0 Å². The molecular weight excluding hydrogens is 236 g/mol. The molecule has 1 aliphatic rings. The Labute approximate surface area is 116 Å². The molecular formula is C15H26N4. The summed E-state index contributed by atoms with van der Waals surface area (Å²) in [4.78, 5) is 8.95. The summed E-state index contributed by atoms with van der Waals surface area (Å²) in [5, 5.41) is 3.52. The van der Waals surface area contributed by atoms with E-state index in [0.29, 0.717) is 17.3 Å². The fraction of sp³-hybridized carbons (Fsp3) is 0.733. The molecule has 1 unspecified atom stereocenters. The molecule has 1 aromatic rings. The molecule has 0 spiro atoms. The molecule has 4 nitrogen and oxygen atoms in total. The Morgan fingerprint density at radius 2 is 2.00 bits per heavy atom. The highest BCUT2D eigenvalue weighted by molar-refractivity contribution is 5.46. The number of nitrogen functional groups attached to an aromatic ring is 1. The van der Waals surface area contributed by atoms with Crippen molar-refractivity contribution in [1.82, 2.24) is 9.97 Å². The van der Waals surface area contributed by atoms with Gasteiger partial charge in [-0.15, -0.1) is 0 Å². The minimum Gasteiger partial charge on any atom is -0.384 e. The highest BCUT2D eigenvalue weighted by atomic mass is 15.1. The summed E-state index contributed by atoms with van der Waals surface area (Å²) >= 11 is 0. The van der Waals surface area contributed by atoms with E-state index in [2.05, 4.69) is 49.9 Å². The van der Waals surface area contributed by atoms with Crippen molar-refractivity contribution in [1.29, 1.82) is 0 Å². The Morgan fingerprint density at radius 1 is 1.32 bits per heavy atom. The molecule has 0 bridgehead atoms. The third-order valence-electron chi connectivity index (χ3n) is 3.74. The molecule has 0 saturated heterocycles. The number of hydrogen-bond donors (Lipinski definition) is 2. The number of rotatable bonds is 2. The van der Waals surface area contributed by atoms with E-state index < -0.39 is 0 Å². The van der Waals surface area contributed by atoms with Crippen LogP contribution in [0.5, 0.6) is 0 Å². The predicted molar refractivity (Wildman–Crippen MR) is 80.2 cm³/mol. The third kappa shape index (κ3) is 3.58. The normalized spacial score (nSPS) is 22.5. The quantitative estimate of drug-likeness (QED) is 0.858. The smallest absolute Gasteiger partial charge is 0.138 e. The van der Waals surface area contributed by atoms with Gasteiger partial charge in [-0.1, -0.05) is 34.6 Å². The Morgan fingerprint density at radius 3 is 2.53 bits per heavy atom. The van der Waals surface area contributed by atoms with Crippen LogP contribution in [-0.2, 0) is 5.41 Å². The molecule has 1 heterocycles. The van der Waals surface area contributed by atoms with E-state index in [0.717, 1.165) is 11.6 Å². The minimum atomic E-state index is -0.0826. The molecule has 1 aromatic heterocycles. The van der Waals surface area contributed by atoms with Gasteiger partial charge in [0.05, 0.1) is 0 Å². The lowest BCUT2D eigenvalue weighted by Gasteiger charge is -2.21. The van der Waals surface area contributed by atoms with Crippen molar-refractivity contribution in [3.05, 3.63) is 11.9 Å². The van der Waals surface area contributed by atoms with Gasteiger partial charge >= 0.3 is 0 Å². The van der Waals surface area contributed by atoms with Gasteiger partial charge in [0.25, 0.3) is 0 Å². The molecule has 2 rings (SSSR count). The van der Waals surface area contributed by atoms with Crippen LogP contribution in [-0.4, -0.2) is 16.0 Å². The highest BCUT2D eigenvalue weighted by Crippen LogP contribution is 2.38. The topological polar surface area (TPSA) is 63.8 Å². The zero-order chi connectivity index (χ0) is 14.3. The van der Waals surface area contributed by atoms with Crippen LogP contribution in [0.3, 0.4) is 0 Å². The monoisotopic (exact) mass is 262 g/mol. The fourth-order valence-electron chi connectivity index (χ4n) is 2.64. The van der Waals surface area contributed by atoms with Crippen molar-refractivity contribution >= 4 is 11.6 Å². The molecule has 1 atom stereocenters. The van der Waals surface area contributed by atoms with E-state index in [-0.39, 0.29) is 5.41 Å².